The molecule has 0 saturated carbocycles. The molecule has 1 aromatic rings. The van der Waals surface area contributed by atoms with Gasteiger partial charge in [0, 0.05) is 0 Å². The Morgan fingerprint density at radius 2 is 2.42 bits per heavy atom. The minimum absolute atomic E-state index is 0.420. The van der Waals surface area contributed by atoms with E-state index in [9.17, 15) is 8.42 Å². The molecule has 1 aromatic heterocycles. The van der Waals surface area contributed by atoms with Crippen molar-refractivity contribution in [2.75, 3.05) is 0 Å². The van der Waals surface area contributed by atoms with Gasteiger partial charge in [0.1, 0.15) is 12.2 Å². The summed E-state index contributed by atoms with van der Waals surface area (Å²) in [7, 11) is -3.69. The molecule has 0 aliphatic heterocycles. The molecular formula is C4H9N5O2S. The van der Waals surface area contributed by atoms with E-state index in [0.717, 1.165) is 0 Å². The molecule has 1 rings (SSSR count). The largest absolute Gasteiger partial charge is 0.275 e. The Hall–Kier alpha value is -0.990. The second-order valence-corrected chi connectivity index (χ2v) is 3.58. The lowest BCUT2D eigenvalue weighted by Crippen LogP contribution is -2.33. The highest BCUT2D eigenvalue weighted by Crippen LogP contribution is 2.03. The number of H-pyrrole nitrogens is 1. The van der Waals surface area contributed by atoms with Crippen molar-refractivity contribution in [1.82, 2.24) is 19.9 Å². The fraction of sp³-hybridized carbons (Fsp3) is 0.500. The molecule has 0 radical (unpaired) electrons. The molecule has 1 heterocycles. The summed E-state index contributed by atoms with van der Waals surface area (Å²) in [4.78, 5) is 3.75. The zero-order chi connectivity index (χ0) is 9.19. The first-order valence-electron chi connectivity index (χ1n) is 3.14. The molecule has 1 atom stereocenters. The number of rotatable bonds is 3. The second kappa shape index (κ2) is 3.17. The van der Waals surface area contributed by atoms with Crippen LogP contribution in [-0.2, 0) is 10.2 Å². The SMILES string of the molecule is CC(NS(N)(=O)=O)c1ncn[nH]1. The fourth-order valence-corrected chi connectivity index (χ4v) is 1.33. The first-order valence-corrected chi connectivity index (χ1v) is 4.69. The Kier molecular flexibility index (Phi) is 2.40. The molecule has 0 saturated heterocycles. The molecule has 1 unspecified atom stereocenters. The Morgan fingerprint density at radius 1 is 1.75 bits per heavy atom. The van der Waals surface area contributed by atoms with E-state index < -0.39 is 16.3 Å². The molecule has 8 heteroatoms. The summed E-state index contributed by atoms with van der Waals surface area (Å²) in [6, 6.07) is -0.498. The number of hydrogen-bond donors (Lipinski definition) is 3. The van der Waals surface area contributed by atoms with Gasteiger partial charge in [0.15, 0.2) is 0 Å². The van der Waals surface area contributed by atoms with E-state index >= 15 is 0 Å². The molecular weight excluding hydrogens is 182 g/mol. The highest BCUT2D eigenvalue weighted by Gasteiger charge is 2.12. The van der Waals surface area contributed by atoms with Gasteiger partial charge in [-0.1, -0.05) is 0 Å². The van der Waals surface area contributed by atoms with E-state index in [4.69, 9.17) is 5.14 Å². The van der Waals surface area contributed by atoms with Gasteiger partial charge < -0.3 is 0 Å². The first-order chi connectivity index (χ1) is 5.49. The third kappa shape index (κ3) is 2.57. The quantitative estimate of drug-likeness (QED) is 0.548. The molecule has 12 heavy (non-hydrogen) atoms. The minimum atomic E-state index is -3.69. The number of nitrogens with two attached hydrogens (primary N) is 1. The number of aromatic amines is 1. The Morgan fingerprint density at radius 3 is 2.83 bits per heavy atom. The van der Waals surface area contributed by atoms with Gasteiger partial charge in [0.2, 0.25) is 0 Å². The molecule has 0 bridgehead atoms. The maximum Gasteiger partial charge on any atom is 0.275 e. The number of hydrogen-bond acceptors (Lipinski definition) is 4. The molecule has 68 valence electrons. The third-order valence-corrected chi connectivity index (χ3v) is 1.87. The van der Waals surface area contributed by atoms with Crippen LogP contribution in [-0.4, -0.2) is 23.6 Å². The predicted molar refractivity (Wildman–Crippen MR) is 41.0 cm³/mol. The van der Waals surface area contributed by atoms with Crippen molar-refractivity contribution in [3.05, 3.63) is 12.2 Å². The van der Waals surface area contributed by atoms with E-state index in [1.807, 2.05) is 0 Å². The Bertz CT molecular complexity index is 330. The lowest BCUT2D eigenvalue weighted by atomic mass is 10.3. The topological polar surface area (TPSA) is 114 Å². The molecule has 0 spiro atoms. The van der Waals surface area contributed by atoms with Gasteiger partial charge in [-0.3, -0.25) is 5.10 Å². The summed E-state index contributed by atoms with van der Waals surface area (Å²) in [6.07, 6.45) is 1.29. The summed E-state index contributed by atoms with van der Waals surface area (Å²) in [5, 5.41) is 10.8. The van der Waals surface area contributed by atoms with Crippen LogP contribution >= 0.6 is 0 Å². The average molecular weight is 191 g/mol. The van der Waals surface area contributed by atoms with E-state index in [1.54, 1.807) is 6.92 Å². The summed E-state index contributed by atoms with van der Waals surface area (Å²) in [5.74, 6) is 0.420. The van der Waals surface area contributed by atoms with Crippen LogP contribution in [0, 0.1) is 0 Å². The summed E-state index contributed by atoms with van der Waals surface area (Å²) < 4.78 is 23.2. The van der Waals surface area contributed by atoms with Gasteiger partial charge in [-0.25, -0.2) is 10.1 Å². The third-order valence-electron chi connectivity index (χ3n) is 1.18. The molecule has 0 aromatic carbocycles. The molecule has 0 fully saturated rings. The van der Waals surface area contributed by atoms with Crippen LogP contribution in [0.1, 0.15) is 18.8 Å². The van der Waals surface area contributed by atoms with E-state index in [-0.39, 0.29) is 0 Å². The molecule has 4 N–H and O–H groups in total. The maximum absolute atomic E-state index is 10.5. The Balaban J connectivity index is 2.68. The van der Waals surface area contributed by atoms with Crippen LogP contribution < -0.4 is 9.86 Å². The van der Waals surface area contributed by atoms with Crippen molar-refractivity contribution in [2.45, 2.75) is 13.0 Å². The molecule has 0 aliphatic rings. The monoisotopic (exact) mass is 191 g/mol. The van der Waals surface area contributed by atoms with Crippen LogP contribution in [0.25, 0.3) is 0 Å². The molecule has 7 nitrogen and oxygen atoms in total. The van der Waals surface area contributed by atoms with Crippen molar-refractivity contribution >= 4 is 10.2 Å². The van der Waals surface area contributed by atoms with Gasteiger partial charge in [-0.05, 0) is 6.92 Å². The highest BCUT2D eigenvalue weighted by molar-refractivity contribution is 7.87. The van der Waals surface area contributed by atoms with Crippen molar-refractivity contribution in [1.29, 1.82) is 0 Å². The number of nitrogens with zero attached hydrogens (tertiary/aromatic N) is 2. The zero-order valence-electron chi connectivity index (χ0n) is 6.35. The number of aromatic nitrogens is 3. The maximum atomic E-state index is 10.5. The molecule has 0 aliphatic carbocycles. The standard InChI is InChI=1S/C4H9N5O2S/c1-3(9-12(5,10)11)4-6-2-7-8-4/h2-3,9H,1H3,(H2,5,10,11)(H,6,7,8). The van der Waals surface area contributed by atoms with E-state index in [2.05, 4.69) is 19.9 Å². The van der Waals surface area contributed by atoms with Crippen LogP contribution in [0.15, 0.2) is 6.33 Å². The van der Waals surface area contributed by atoms with Crippen LogP contribution in [0.3, 0.4) is 0 Å². The average Bonchev–Trinajstić information content (AvgIpc) is 2.32. The zero-order valence-corrected chi connectivity index (χ0v) is 7.17. The van der Waals surface area contributed by atoms with Gasteiger partial charge >= 0.3 is 0 Å². The predicted octanol–water partition coefficient (Wildman–Crippen LogP) is -1.34. The minimum Gasteiger partial charge on any atom is -0.262 e. The summed E-state index contributed by atoms with van der Waals surface area (Å²) in [6.45, 7) is 1.60. The Labute approximate surface area is 69.6 Å². The lowest BCUT2D eigenvalue weighted by Gasteiger charge is -2.07. The van der Waals surface area contributed by atoms with Crippen molar-refractivity contribution in [2.24, 2.45) is 5.14 Å². The summed E-state index contributed by atoms with van der Waals surface area (Å²) in [5.41, 5.74) is 0. The smallest absolute Gasteiger partial charge is 0.262 e. The van der Waals surface area contributed by atoms with Gasteiger partial charge in [0.05, 0.1) is 6.04 Å². The highest BCUT2D eigenvalue weighted by atomic mass is 32.2. The van der Waals surface area contributed by atoms with Crippen molar-refractivity contribution < 1.29 is 8.42 Å². The van der Waals surface area contributed by atoms with Gasteiger partial charge in [0.25, 0.3) is 10.2 Å². The van der Waals surface area contributed by atoms with Crippen LogP contribution in [0.5, 0.6) is 0 Å². The normalized spacial score (nSPS) is 14.5. The van der Waals surface area contributed by atoms with E-state index in [1.165, 1.54) is 6.33 Å². The fourth-order valence-electron chi connectivity index (χ4n) is 0.726. The van der Waals surface area contributed by atoms with Crippen LogP contribution in [0.2, 0.25) is 0 Å². The van der Waals surface area contributed by atoms with E-state index in [0.29, 0.717) is 5.82 Å². The van der Waals surface area contributed by atoms with Crippen LogP contribution in [0.4, 0.5) is 0 Å². The molecule has 0 amide bonds. The first kappa shape index (κ1) is 9.10. The van der Waals surface area contributed by atoms with Crippen molar-refractivity contribution in [3.8, 4) is 0 Å². The lowest BCUT2D eigenvalue weighted by molar-refractivity contribution is 0.562. The second-order valence-electron chi connectivity index (χ2n) is 2.26. The number of nitrogens with one attached hydrogen (secondary N) is 2. The van der Waals surface area contributed by atoms with Gasteiger partial charge in [-0.2, -0.15) is 18.2 Å². The van der Waals surface area contributed by atoms with Crippen molar-refractivity contribution in [3.63, 3.8) is 0 Å². The van der Waals surface area contributed by atoms with Gasteiger partial charge in [-0.15, -0.1) is 0 Å². The summed E-state index contributed by atoms with van der Waals surface area (Å²) >= 11 is 0.